The van der Waals surface area contributed by atoms with Gasteiger partial charge in [0.2, 0.25) is 0 Å². The second-order valence-corrected chi connectivity index (χ2v) is 4.71. The Morgan fingerprint density at radius 1 is 1.36 bits per heavy atom. The first kappa shape index (κ1) is 12.0. The van der Waals surface area contributed by atoms with Crippen LogP contribution in [0.4, 0.5) is 0 Å². The summed E-state index contributed by atoms with van der Waals surface area (Å²) in [7, 11) is 0. The van der Waals surface area contributed by atoms with Crippen molar-refractivity contribution >= 4 is 0 Å². The van der Waals surface area contributed by atoms with Crippen LogP contribution in [0.2, 0.25) is 0 Å². The van der Waals surface area contributed by atoms with Gasteiger partial charge in [-0.1, -0.05) is 13.8 Å². The summed E-state index contributed by atoms with van der Waals surface area (Å²) in [5.41, 5.74) is 0. The Labute approximate surface area is 88.4 Å². The molecule has 0 saturated carbocycles. The van der Waals surface area contributed by atoms with Crippen LogP contribution < -0.4 is 5.32 Å². The lowest BCUT2D eigenvalue weighted by Crippen LogP contribution is -2.21. The van der Waals surface area contributed by atoms with E-state index in [-0.39, 0.29) is 0 Å². The van der Waals surface area contributed by atoms with E-state index in [0.29, 0.717) is 6.10 Å². The zero-order valence-electron chi connectivity index (χ0n) is 9.72. The summed E-state index contributed by atoms with van der Waals surface area (Å²) < 4.78 is 5.56. The van der Waals surface area contributed by atoms with E-state index in [1.54, 1.807) is 0 Å². The highest BCUT2D eigenvalue weighted by Crippen LogP contribution is 2.14. The molecule has 1 saturated heterocycles. The molecule has 0 aliphatic carbocycles. The Morgan fingerprint density at radius 3 is 2.86 bits per heavy atom. The molecule has 1 aliphatic heterocycles. The van der Waals surface area contributed by atoms with Crippen LogP contribution in [0.3, 0.4) is 0 Å². The highest BCUT2D eigenvalue weighted by molar-refractivity contribution is 4.65. The van der Waals surface area contributed by atoms with Crippen molar-refractivity contribution in [2.75, 3.05) is 19.7 Å². The van der Waals surface area contributed by atoms with E-state index in [0.717, 1.165) is 19.1 Å². The molecule has 0 aromatic carbocycles. The van der Waals surface area contributed by atoms with E-state index in [1.807, 2.05) is 0 Å². The summed E-state index contributed by atoms with van der Waals surface area (Å²) in [4.78, 5) is 0. The van der Waals surface area contributed by atoms with E-state index in [2.05, 4.69) is 19.2 Å². The number of ether oxygens (including phenoxy) is 1. The van der Waals surface area contributed by atoms with Gasteiger partial charge in [0.05, 0.1) is 6.10 Å². The van der Waals surface area contributed by atoms with Gasteiger partial charge in [0.1, 0.15) is 0 Å². The van der Waals surface area contributed by atoms with Crippen LogP contribution in [0, 0.1) is 5.92 Å². The van der Waals surface area contributed by atoms with Crippen LogP contribution in [0.5, 0.6) is 0 Å². The van der Waals surface area contributed by atoms with Crippen LogP contribution in [0.1, 0.15) is 46.0 Å². The van der Waals surface area contributed by atoms with Gasteiger partial charge in [-0.3, -0.25) is 0 Å². The third kappa shape index (κ3) is 5.61. The molecule has 1 rings (SSSR count). The summed E-state index contributed by atoms with van der Waals surface area (Å²) in [6, 6.07) is 0. The second kappa shape index (κ2) is 7.24. The molecule has 0 spiro atoms. The van der Waals surface area contributed by atoms with Crippen molar-refractivity contribution < 1.29 is 4.74 Å². The molecular weight excluding hydrogens is 174 g/mol. The predicted octanol–water partition coefficient (Wildman–Crippen LogP) is 2.58. The standard InChI is InChI=1S/C12H25NO/c1-11(2)5-3-8-13-9-7-12-6-4-10-14-12/h11-13H,3-10H2,1-2H3. The van der Waals surface area contributed by atoms with Crippen molar-refractivity contribution in [1.29, 1.82) is 0 Å². The molecule has 1 heterocycles. The molecule has 1 unspecified atom stereocenters. The molecule has 0 amide bonds. The molecule has 2 heteroatoms. The molecule has 0 bridgehead atoms. The van der Waals surface area contributed by atoms with Gasteiger partial charge in [-0.15, -0.1) is 0 Å². The summed E-state index contributed by atoms with van der Waals surface area (Å²) in [5, 5.41) is 3.49. The molecule has 0 radical (unpaired) electrons. The highest BCUT2D eigenvalue weighted by Gasteiger charge is 2.13. The first-order valence-corrected chi connectivity index (χ1v) is 6.11. The Morgan fingerprint density at radius 2 is 2.21 bits per heavy atom. The Hall–Kier alpha value is -0.0800. The average Bonchev–Trinajstić information content (AvgIpc) is 2.63. The normalized spacial score (nSPS) is 22.1. The molecule has 2 nitrogen and oxygen atoms in total. The van der Waals surface area contributed by atoms with Crippen molar-refractivity contribution in [2.45, 2.75) is 52.1 Å². The summed E-state index contributed by atoms with van der Waals surface area (Å²) in [6.45, 7) is 7.85. The van der Waals surface area contributed by atoms with Gasteiger partial charge in [-0.05, 0) is 51.1 Å². The first-order valence-electron chi connectivity index (χ1n) is 6.11. The maximum Gasteiger partial charge on any atom is 0.0588 e. The molecule has 1 fully saturated rings. The molecule has 14 heavy (non-hydrogen) atoms. The van der Waals surface area contributed by atoms with Gasteiger partial charge in [0.25, 0.3) is 0 Å². The van der Waals surface area contributed by atoms with Crippen molar-refractivity contribution in [3.8, 4) is 0 Å². The third-order valence-electron chi connectivity index (χ3n) is 2.80. The maximum absolute atomic E-state index is 5.56. The SMILES string of the molecule is CC(C)CCCNCCC1CCCO1. The lowest BCUT2D eigenvalue weighted by atomic mass is 10.1. The Bertz CT molecular complexity index is 130. The molecule has 0 aromatic rings. The lowest BCUT2D eigenvalue weighted by molar-refractivity contribution is 0.104. The van der Waals surface area contributed by atoms with Crippen LogP contribution in [-0.4, -0.2) is 25.8 Å². The van der Waals surface area contributed by atoms with Crippen molar-refractivity contribution in [3.63, 3.8) is 0 Å². The van der Waals surface area contributed by atoms with E-state index < -0.39 is 0 Å². The topological polar surface area (TPSA) is 21.3 Å². The van der Waals surface area contributed by atoms with E-state index >= 15 is 0 Å². The fraction of sp³-hybridized carbons (Fsp3) is 1.00. The smallest absolute Gasteiger partial charge is 0.0588 e. The lowest BCUT2D eigenvalue weighted by Gasteiger charge is -2.10. The van der Waals surface area contributed by atoms with E-state index in [4.69, 9.17) is 4.74 Å². The fourth-order valence-corrected chi connectivity index (χ4v) is 1.90. The minimum absolute atomic E-state index is 0.549. The second-order valence-electron chi connectivity index (χ2n) is 4.71. The molecule has 0 aromatic heterocycles. The van der Waals surface area contributed by atoms with Crippen LogP contribution in [0.15, 0.2) is 0 Å². The Balaban J connectivity index is 1.79. The predicted molar refractivity (Wildman–Crippen MR) is 60.5 cm³/mol. The minimum atomic E-state index is 0.549. The average molecular weight is 199 g/mol. The number of rotatable bonds is 7. The third-order valence-corrected chi connectivity index (χ3v) is 2.80. The summed E-state index contributed by atoms with van der Waals surface area (Å²) >= 11 is 0. The van der Waals surface area contributed by atoms with Crippen LogP contribution in [0.25, 0.3) is 0 Å². The van der Waals surface area contributed by atoms with Gasteiger partial charge in [0.15, 0.2) is 0 Å². The van der Waals surface area contributed by atoms with E-state index in [9.17, 15) is 0 Å². The van der Waals surface area contributed by atoms with Crippen LogP contribution >= 0.6 is 0 Å². The van der Waals surface area contributed by atoms with Gasteiger partial charge >= 0.3 is 0 Å². The monoisotopic (exact) mass is 199 g/mol. The fourth-order valence-electron chi connectivity index (χ4n) is 1.90. The van der Waals surface area contributed by atoms with Gasteiger partial charge < -0.3 is 10.1 Å². The molecular formula is C12H25NO. The largest absolute Gasteiger partial charge is 0.378 e. The minimum Gasteiger partial charge on any atom is -0.378 e. The van der Waals surface area contributed by atoms with Crippen molar-refractivity contribution in [2.24, 2.45) is 5.92 Å². The van der Waals surface area contributed by atoms with Gasteiger partial charge in [-0.2, -0.15) is 0 Å². The number of hydrogen-bond donors (Lipinski definition) is 1. The van der Waals surface area contributed by atoms with Crippen molar-refractivity contribution in [3.05, 3.63) is 0 Å². The molecule has 1 aliphatic rings. The quantitative estimate of drug-likeness (QED) is 0.636. The highest BCUT2D eigenvalue weighted by atomic mass is 16.5. The first-order chi connectivity index (χ1) is 6.79. The zero-order chi connectivity index (χ0) is 10.2. The summed E-state index contributed by atoms with van der Waals surface area (Å²) in [6.07, 6.45) is 6.93. The molecule has 1 atom stereocenters. The summed E-state index contributed by atoms with van der Waals surface area (Å²) in [5.74, 6) is 0.843. The van der Waals surface area contributed by atoms with Crippen molar-refractivity contribution in [1.82, 2.24) is 5.32 Å². The molecule has 1 N–H and O–H groups in total. The van der Waals surface area contributed by atoms with Gasteiger partial charge in [-0.25, -0.2) is 0 Å². The van der Waals surface area contributed by atoms with Gasteiger partial charge in [0, 0.05) is 6.61 Å². The number of hydrogen-bond acceptors (Lipinski definition) is 2. The molecule has 84 valence electrons. The van der Waals surface area contributed by atoms with E-state index in [1.165, 1.54) is 38.6 Å². The maximum atomic E-state index is 5.56. The van der Waals surface area contributed by atoms with Crippen LogP contribution in [-0.2, 0) is 4.74 Å². The Kier molecular flexibility index (Phi) is 6.20. The number of nitrogens with one attached hydrogen (secondary N) is 1. The zero-order valence-corrected chi connectivity index (χ0v) is 9.72.